The number of ether oxygens (including phenoxy) is 1. The van der Waals surface area contributed by atoms with Gasteiger partial charge in [0.2, 0.25) is 17.7 Å². The smallest absolute Gasteiger partial charge is 0.408 e. The molecule has 0 aromatic heterocycles. The van der Waals surface area contributed by atoms with Crippen LogP contribution in [-0.2, 0) is 19.1 Å². The number of hydrogen-bond donors (Lipinski definition) is 4. The van der Waals surface area contributed by atoms with Crippen LogP contribution in [0.15, 0.2) is 18.2 Å². The summed E-state index contributed by atoms with van der Waals surface area (Å²) in [6.45, 7) is 12.8. The Hall–Kier alpha value is -3.30. The lowest BCUT2D eigenvalue weighted by molar-refractivity contribution is -0.146. The van der Waals surface area contributed by atoms with Crippen molar-refractivity contribution in [1.29, 1.82) is 0 Å². The number of hydrogen-bond acceptors (Lipinski definition) is 6. The summed E-state index contributed by atoms with van der Waals surface area (Å²) in [5, 5.41) is 16.2. The summed E-state index contributed by atoms with van der Waals surface area (Å²) < 4.78 is 5.28. The van der Waals surface area contributed by atoms with Crippen LogP contribution in [0.4, 0.5) is 4.79 Å². The highest BCUT2D eigenvalue weighted by Gasteiger charge is 2.40. The molecule has 10 heteroatoms. The Labute approximate surface area is 220 Å². The lowest BCUT2D eigenvalue weighted by atomic mass is 9.96. The zero-order valence-electron chi connectivity index (χ0n) is 23.2. The van der Waals surface area contributed by atoms with Crippen molar-refractivity contribution in [3.05, 3.63) is 29.3 Å². The predicted octanol–water partition coefficient (Wildman–Crippen LogP) is 3.44. The van der Waals surface area contributed by atoms with E-state index in [1.165, 1.54) is 4.90 Å². The number of carbonyl (C=O) groups is 4. The highest BCUT2D eigenvalue weighted by atomic mass is 16.6. The molecule has 5 N–H and O–H groups in total. The van der Waals surface area contributed by atoms with E-state index in [9.17, 15) is 24.3 Å². The van der Waals surface area contributed by atoms with Crippen LogP contribution in [0.1, 0.15) is 90.8 Å². The Kier molecular flexibility index (Phi) is 12.4. The number of nitrogens with zero attached hydrogens (tertiary/aromatic N) is 1. The van der Waals surface area contributed by atoms with Crippen molar-refractivity contribution in [2.75, 3.05) is 6.54 Å². The van der Waals surface area contributed by atoms with Crippen LogP contribution < -0.4 is 16.4 Å². The number of benzene rings is 1. The van der Waals surface area contributed by atoms with Crippen LogP contribution in [-0.4, -0.2) is 58.1 Å². The van der Waals surface area contributed by atoms with Gasteiger partial charge in [-0.25, -0.2) is 4.79 Å². The maximum atomic E-state index is 14.0. The summed E-state index contributed by atoms with van der Waals surface area (Å²) in [7, 11) is 0. The van der Waals surface area contributed by atoms with Gasteiger partial charge in [0, 0.05) is 18.2 Å². The third-order valence-corrected chi connectivity index (χ3v) is 5.88. The zero-order chi connectivity index (χ0) is 28.3. The second kappa shape index (κ2) is 14.4. The lowest BCUT2D eigenvalue weighted by Crippen LogP contribution is -2.56. The molecule has 0 spiro atoms. The first-order chi connectivity index (χ1) is 17.2. The van der Waals surface area contributed by atoms with Gasteiger partial charge in [0.25, 0.3) is 0 Å². The van der Waals surface area contributed by atoms with Crippen molar-refractivity contribution in [1.82, 2.24) is 15.5 Å². The van der Waals surface area contributed by atoms with Gasteiger partial charge >= 0.3 is 6.09 Å². The number of carbonyl (C=O) groups excluding carboxylic acids is 4. The topological polar surface area (TPSA) is 151 Å². The van der Waals surface area contributed by atoms with Gasteiger partial charge in [-0.15, -0.1) is 0 Å². The summed E-state index contributed by atoms with van der Waals surface area (Å²) >= 11 is 0. The van der Waals surface area contributed by atoms with Crippen LogP contribution in [0.25, 0.3) is 0 Å². The number of nitrogens with one attached hydrogen (secondary N) is 2. The van der Waals surface area contributed by atoms with Gasteiger partial charge in [-0.2, -0.15) is 0 Å². The number of primary amides is 1. The number of rotatable bonds is 13. The Morgan fingerprint density at radius 3 is 2.32 bits per heavy atom. The van der Waals surface area contributed by atoms with Crippen LogP contribution in [0.2, 0.25) is 0 Å². The molecule has 3 atom stereocenters. The molecule has 1 rings (SSSR count). The fourth-order valence-corrected chi connectivity index (χ4v) is 3.83. The quantitative estimate of drug-likeness (QED) is 0.293. The molecule has 0 heterocycles. The van der Waals surface area contributed by atoms with Gasteiger partial charge in [-0.3, -0.25) is 14.4 Å². The van der Waals surface area contributed by atoms with E-state index in [0.29, 0.717) is 18.5 Å². The molecule has 1 aromatic carbocycles. The number of aromatic hydroxyl groups is 1. The number of para-hydroxylation sites is 1. The molecule has 0 fully saturated rings. The molecule has 208 valence electrons. The number of amides is 4. The van der Waals surface area contributed by atoms with Gasteiger partial charge in [0.15, 0.2) is 0 Å². The van der Waals surface area contributed by atoms with Gasteiger partial charge < -0.3 is 31.1 Å². The lowest BCUT2D eigenvalue weighted by Gasteiger charge is -2.38. The van der Waals surface area contributed by atoms with Gasteiger partial charge in [0.05, 0.1) is 6.42 Å². The van der Waals surface area contributed by atoms with E-state index in [1.807, 2.05) is 6.92 Å². The fraction of sp³-hybridized carbons (Fsp3) is 0.630. The molecular weight excluding hydrogens is 476 g/mol. The average Bonchev–Trinajstić information content (AvgIpc) is 2.79. The summed E-state index contributed by atoms with van der Waals surface area (Å²) in [6, 6.07) is 1.91. The summed E-state index contributed by atoms with van der Waals surface area (Å²) in [6.07, 6.45) is 1.74. The summed E-state index contributed by atoms with van der Waals surface area (Å²) in [4.78, 5) is 53.2. The maximum absolute atomic E-state index is 14.0. The highest BCUT2D eigenvalue weighted by Crippen LogP contribution is 2.34. The SMILES string of the molecule is CCCCCNC(=O)C(c1cccc(C)c1O)N(C(=O)C(CC(N)=O)NC(=O)OC(C)(C)C)C(C)CC. The number of phenols is 1. The predicted molar refractivity (Wildman–Crippen MR) is 142 cm³/mol. The van der Waals surface area contributed by atoms with E-state index in [4.69, 9.17) is 10.5 Å². The molecule has 0 saturated heterocycles. The molecule has 10 nitrogen and oxygen atoms in total. The minimum Gasteiger partial charge on any atom is -0.507 e. The van der Waals surface area contributed by atoms with Crippen LogP contribution >= 0.6 is 0 Å². The van der Waals surface area contributed by atoms with E-state index in [0.717, 1.165) is 19.3 Å². The van der Waals surface area contributed by atoms with Gasteiger partial charge in [0.1, 0.15) is 23.4 Å². The Bertz CT molecular complexity index is 943. The van der Waals surface area contributed by atoms with Crippen molar-refractivity contribution >= 4 is 23.8 Å². The Morgan fingerprint density at radius 2 is 1.78 bits per heavy atom. The Morgan fingerprint density at radius 1 is 1.14 bits per heavy atom. The third-order valence-electron chi connectivity index (χ3n) is 5.88. The molecule has 3 unspecified atom stereocenters. The fourth-order valence-electron chi connectivity index (χ4n) is 3.83. The largest absolute Gasteiger partial charge is 0.507 e. The summed E-state index contributed by atoms with van der Waals surface area (Å²) in [5.41, 5.74) is 5.36. The maximum Gasteiger partial charge on any atom is 0.408 e. The first kappa shape index (κ1) is 31.7. The molecule has 1 aromatic rings. The number of phenolic OH excluding ortho intramolecular Hbond substituents is 1. The normalized spacial score (nSPS) is 13.7. The molecule has 0 bridgehead atoms. The van der Waals surface area contributed by atoms with Crippen molar-refractivity contribution in [3.8, 4) is 5.75 Å². The molecule has 0 aliphatic rings. The van der Waals surface area contributed by atoms with E-state index in [2.05, 4.69) is 17.6 Å². The first-order valence-electron chi connectivity index (χ1n) is 12.9. The second-order valence-electron chi connectivity index (χ2n) is 10.3. The molecular formula is C27H44N4O6. The minimum absolute atomic E-state index is 0.108. The van der Waals surface area contributed by atoms with E-state index < -0.39 is 54.0 Å². The van der Waals surface area contributed by atoms with E-state index >= 15 is 0 Å². The van der Waals surface area contributed by atoms with Gasteiger partial charge in [-0.05, 0) is 53.0 Å². The molecule has 0 aliphatic carbocycles. The molecule has 0 radical (unpaired) electrons. The van der Waals surface area contributed by atoms with Crippen LogP contribution in [0.5, 0.6) is 5.75 Å². The second-order valence-corrected chi connectivity index (χ2v) is 10.3. The van der Waals surface area contributed by atoms with Crippen molar-refractivity contribution < 1.29 is 29.0 Å². The van der Waals surface area contributed by atoms with Crippen LogP contribution in [0, 0.1) is 6.92 Å². The third kappa shape index (κ3) is 9.93. The minimum atomic E-state index is -1.37. The van der Waals surface area contributed by atoms with Crippen molar-refractivity contribution in [2.45, 2.75) is 104 Å². The standard InChI is InChI=1S/C27H44N4O6/c1-8-10-11-15-29-24(34)22(19-14-12-13-17(3)23(19)33)31(18(4)9-2)25(35)20(16-21(28)32)30-26(36)37-27(5,6)7/h12-14,18,20,22,33H,8-11,15-16H2,1-7H3,(H2,28,32)(H,29,34)(H,30,36). The van der Waals surface area contributed by atoms with E-state index in [-0.39, 0.29) is 11.3 Å². The first-order valence-corrected chi connectivity index (χ1v) is 12.9. The monoisotopic (exact) mass is 520 g/mol. The van der Waals surface area contributed by atoms with Crippen molar-refractivity contribution in [2.24, 2.45) is 5.73 Å². The van der Waals surface area contributed by atoms with Crippen molar-refractivity contribution in [3.63, 3.8) is 0 Å². The van der Waals surface area contributed by atoms with Gasteiger partial charge in [-0.1, -0.05) is 44.9 Å². The Balaban J connectivity index is 3.56. The number of aryl methyl sites for hydroxylation is 1. The molecule has 0 saturated carbocycles. The summed E-state index contributed by atoms with van der Waals surface area (Å²) in [5.74, 6) is -2.07. The van der Waals surface area contributed by atoms with E-state index in [1.54, 1.807) is 52.8 Å². The average molecular weight is 521 g/mol. The molecule has 0 aliphatic heterocycles. The number of nitrogens with two attached hydrogens (primary N) is 1. The highest BCUT2D eigenvalue weighted by molar-refractivity contribution is 5.95. The molecule has 4 amide bonds. The molecule has 37 heavy (non-hydrogen) atoms. The number of unbranched alkanes of at least 4 members (excludes halogenated alkanes) is 2. The zero-order valence-corrected chi connectivity index (χ0v) is 23.2. The number of alkyl carbamates (subject to hydrolysis) is 1. The van der Waals surface area contributed by atoms with Crippen LogP contribution in [0.3, 0.4) is 0 Å².